The van der Waals surface area contributed by atoms with E-state index in [0.29, 0.717) is 22.3 Å². The fraction of sp³-hybridized carbons (Fsp3) is 0.333. The third-order valence-corrected chi connectivity index (χ3v) is 4.83. The smallest absolute Gasteiger partial charge is 0.278 e. The Labute approximate surface area is 140 Å². The molecule has 1 fully saturated rings. The van der Waals surface area contributed by atoms with Gasteiger partial charge in [0.1, 0.15) is 5.75 Å². The first-order valence-corrected chi connectivity index (χ1v) is 8.11. The molecule has 2 aromatic rings. The highest BCUT2D eigenvalue weighted by atomic mass is 35.5. The Morgan fingerprint density at radius 3 is 2.48 bits per heavy atom. The summed E-state index contributed by atoms with van der Waals surface area (Å²) in [5.41, 5.74) is 2.33. The number of hydrogen-bond acceptors (Lipinski definition) is 3. The maximum Gasteiger partial charge on any atom is 0.278 e. The number of nitro groups is 1. The predicted octanol–water partition coefficient (Wildman–Crippen LogP) is 5.58. The Kier molecular flexibility index (Phi) is 4.53. The number of methoxy groups -OCH3 is 1. The molecule has 4 nitrogen and oxygen atoms in total. The Balaban J connectivity index is 2.29. The largest absolute Gasteiger partial charge is 0.496 e. The lowest BCUT2D eigenvalue weighted by Gasteiger charge is -2.19. The fourth-order valence-corrected chi connectivity index (χ4v) is 3.74. The van der Waals surface area contributed by atoms with Gasteiger partial charge in [0, 0.05) is 11.6 Å². The second-order valence-corrected chi connectivity index (χ2v) is 6.20. The van der Waals surface area contributed by atoms with Crippen LogP contribution in [0.25, 0.3) is 11.1 Å². The average molecular weight is 332 g/mol. The second kappa shape index (κ2) is 6.59. The van der Waals surface area contributed by atoms with E-state index in [2.05, 4.69) is 0 Å². The number of rotatable bonds is 4. The lowest BCUT2D eigenvalue weighted by atomic mass is 9.88. The van der Waals surface area contributed by atoms with Crippen molar-refractivity contribution in [3.63, 3.8) is 0 Å². The number of benzene rings is 2. The predicted molar refractivity (Wildman–Crippen MR) is 91.3 cm³/mol. The molecule has 0 heterocycles. The van der Waals surface area contributed by atoms with Gasteiger partial charge in [0.05, 0.1) is 22.6 Å². The number of nitro benzene ring substituents is 1. The number of hydrogen-bond donors (Lipinski definition) is 0. The van der Waals surface area contributed by atoms with Crippen molar-refractivity contribution in [1.82, 2.24) is 0 Å². The summed E-state index contributed by atoms with van der Waals surface area (Å²) in [5, 5.41) is 11.9. The normalized spacial score (nSPS) is 14.9. The van der Waals surface area contributed by atoms with Gasteiger partial charge in [0.2, 0.25) is 0 Å². The van der Waals surface area contributed by atoms with Gasteiger partial charge in [0.15, 0.2) is 0 Å². The molecule has 0 atom stereocenters. The summed E-state index contributed by atoms with van der Waals surface area (Å²) in [5.74, 6) is 1.03. The average Bonchev–Trinajstić information content (AvgIpc) is 3.08. The molecule has 5 heteroatoms. The van der Waals surface area contributed by atoms with Crippen molar-refractivity contribution in [2.24, 2.45) is 0 Å². The maximum atomic E-state index is 11.5. The molecule has 1 aliphatic carbocycles. The SMILES string of the molecule is COc1cccc(C2CCCC2)c1-c1c(Cl)cccc1[N+](=O)[O-]. The van der Waals surface area contributed by atoms with Crippen LogP contribution in [-0.2, 0) is 0 Å². The molecule has 0 aliphatic heterocycles. The van der Waals surface area contributed by atoms with Crippen LogP contribution in [0.3, 0.4) is 0 Å². The minimum Gasteiger partial charge on any atom is -0.496 e. The minimum absolute atomic E-state index is 0.0150. The summed E-state index contributed by atoms with van der Waals surface area (Å²) in [6.07, 6.45) is 4.56. The van der Waals surface area contributed by atoms with Crippen molar-refractivity contribution >= 4 is 17.3 Å². The first-order valence-electron chi connectivity index (χ1n) is 7.73. The monoisotopic (exact) mass is 331 g/mol. The maximum absolute atomic E-state index is 11.5. The topological polar surface area (TPSA) is 52.4 Å². The van der Waals surface area contributed by atoms with Crippen LogP contribution < -0.4 is 4.74 Å². The summed E-state index contributed by atoms with van der Waals surface area (Å²) < 4.78 is 5.51. The molecule has 0 spiro atoms. The Hall–Kier alpha value is -2.07. The van der Waals surface area contributed by atoms with E-state index in [-0.39, 0.29) is 10.6 Å². The minimum atomic E-state index is -0.383. The molecule has 0 N–H and O–H groups in total. The van der Waals surface area contributed by atoms with E-state index < -0.39 is 0 Å². The molecular formula is C18H18ClNO3. The zero-order chi connectivity index (χ0) is 16.4. The highest BCUT2D eigenvalue weighted by molar-refractivity contribution is 6.34. The van der Waals surface area contributed by atoms with Crippen LogP contribution in [-0.4, -0.2) is 12.0 Å². The number of halogens is 1. The van der Waals surface area contributed by atoms with E-state index in [0.717, 1.165) is 24.0 Å². The van der Waals surface area contributed by atoms with Crippen LogP contribution >= 0.6 is 11.6 Å². The van der Waals surface area contributed by atoms with E-state index >= 15 is 0 Å². The third-order valence-electron chi connectivity index (χ3n) is 4.51. The zero-order valence-corrected chi connectivity index (χ0v) is 13.7. The first-order chi connectivity index (χ1) is 11.1. The zero-order valence-electron chi connectivity index (χ0n) is 12.9. The molecule has 0 radical (unpaired) electrons. The molecule has 1 aliphatic rings. The molecule has 0 bridgehead atoms. The summed E-state index contributed by atoms with van der Waals surface area (Å²) in [6.45, 7) is 0. The summed E-state index contributed by atoms with van der Waals surface area (Å²) >= 11 is 6.36. The summed E-state index contributed by atoms with van der Waals surface area (Å²) in [7, 11) is 1.58. The first kappa shape index (κ1) is 15.8. The van der Waals surface area contributed by atoms with Gasteiger partial charge in [-0.15, -0.1) is 0 Å². The van der Waals surface area contributed by atoms with E-state index in [9.17, 15) is 10.1 Å². The van der Waals surface area contributed by atoms with Crippen molar-refractivity contribution < 1.29 is 9.66 Å². The molecule has 1 saturated carbocycles. The molecular weight excluding hydrogens is 314 g/mol. The van der Waals surface area contributed by atoms with Crippen LogP contribution in [0.15, 0.2) is 36.4 Å². The van der Waals surface area contributed by atoms with Gasteiger partial charge in [-0.25, -0.2) is 0 Å². The number of nitrogens with zero attached hydrogens (tertiary/aromatic N) is 1. The van der Waals surface area contributed by atoms with Gasteiger partial charge < -0.3 is 4.74 Å². The van der Waals surface area contributed by atoms with E-state index in [1.54, 1.807) is 19.2 Å². The molecule has 0 aromatic heterocycles. The van der Waals surface area contributed by atoms with Crippen LogP contribution in [0.4, 0.5) is 5.69 Å². The molecule has 120 valence electrons. The molecule has 3 rings (SSSR count). The van der Waals surface area contributed by atoms with Crippen molar-refractivity contribution in [3.8, 4) is 16.9 Å². The van der Waals surface area contributed by atoms with E-state index in [4.69, 9.17) is 16.3 Å². The van der Waals surface area contributed by atoms with Crippen molar-refractivity contribution in [2.45, 2.75) is 31.6 Å². The van der Waals surface area contributed by atoms with Gasteiger partial charge in [-0.2, -0.15) is 0 Å². The molecule has 0 saturated heterocycles. The van der Waals surface area contributed by atoms with Crippen molar-refractivity contribution in [2.75, 3.05) is 7.11 Å². The summed E-state index contributed by atoms with van der Waals surface area (Å²) in [4.78, 5) is 11.1. The van der Waals surface area contributed by atoms with Gasteiger partial charge in [-0.1, -0.05) is 42.6 Å². The van der Waals surface area contributed by atoms with Gasteiger partial charge >= 0.3 is 0 Å². The second-order valence-electron chi connectivity index (χ2n) is 5.80. The van der Waals surface area contributed by atoms with E-state index in [1.165, 1.54) is 18.9 Å². The molecule has 23 heavy (non-hydrogen) atoms. The van der Waals surface area contributed by atoms with Gasteiger partial charge in [-0.05, 0) is 36.5 Å². The summed E-state index contributed by atoms with van der Waals surface area (Å²) in [6, 6.07) is 10.6. The highest BCUT2D eigenvalue weighted by Crippen LogP contribution is 2.47. The molecule has 2 aromatic carbocycles. The lowest BCUT2D eigenvalue weighted by molar-refractivity contribution is -0.384. The van der Waals surface area contributed by atoms with Gasteiger partial charge in [0.25, 0.3) is 5.69 Å². The Bertz CT molecular complexity index is 739. The highest BCUT2D eigenvalue weighted by Gasteiger charge is 2.28. The lowest BCUT2D eigenvalue weighted by Crippen LogP contribution is -2.01. The van der Waals surface area contributed by atoms with Crippen LogP contribution in [0.1, 0.15) is 37.2 Å². The fourth-order valence-electron chi connectivity index (χ4n) is 3.48. The van der Waals surface area contributed by atoms with Crippen LogP contribution in [0.5, 0.6) is 5.75 Å². The van der Waals surface area contributed by atoms with Crippen LogP contribution in [0, 0.1) is 10.1 Å². The third kappa shape index (κ3) is 2.91. The Morgan fingerprint density at radius 1 is 1.13 bits per heavy atom. The van der Waals surface area contributed by atoms with Crippen molar-refractivity contribution in [3.05, 3.63) is 57.1 Å². The number of ether oxygens (including phenoxy) is 1. The standard InChI is InChI=1S/C18H18ClNO3/c1-23-16-11-4-8-13(12-6-2-3-7-12)17(16)18-14(19)9-5-10-15(18)20(21)22/h4-5,8-12H,2-3,6-7H2,1H3. The molecule has 0 unspecified atom stereocenters. The van der Waals surface area contributed by atoms with Crippen LogP contribution in [0.2, 0.25) is 5.02 Å². The Morgan fingerprint density at radius 2 is 1.83 bits per heavy atom. The van der Waals surface area contributed by atoms with Crippen molar-refractivity contribution in [1.29, 1.82) is 0 Å². The van der Waals surface area contributed by atoms with Gasteiger partial charge in [-0.3, -0.25) is 10.1 Å². The molecule has 0 amide bonds. The quantitative estimate of drug-likeness (QED) is 0.542. The van der Waals surface area contributed by atoms with E-state index in [1.807, 2.05) is 18.2 Å².